The molecule has 1 N–H and O–H groups in total. The number of rotatable bonds is 11. The summed E-state index contributed by atoms with van der Waals surface area (Å²) in [7, 11) is 1.92. The maximum Gasteiger partial charge on any atom is 0.242 e. The van der Waals surface area contributed by atoms with E-state index in [1.807, 2.05) is 42.8 Å². The number of aliphatic imine (C=N–C) groups is 1. The van der Waals surface area contributed by atoms with Crippen LogP contribution in [0.2, 0.25) is 0 Å². The van der Waals surface area contributed by atoms with Crippen molar-refractivity contribution in [2.75, 3.05) is 72.6 Å². The Morgan fingerprint density at radius 3 is 2.69 bits per heavy atom. The first-order valence-electron chi connectivity index (χ1n) is 10.7. The van der Waals surface area contributed by atoms with Gasteiger partial charge in [-0.3, -0.25) is 14.7 Å². The summed E-state index contributed by atoms with van der Waals surface area (Å²) in [6, 6.07) is 3.86. The predicted octanol–water partition coefficient (Wildman–Crippen LogP) is 1.29. The van der Waals surface area contributed by atoms with Gasteiger partial charge in [0.15, 0.2) is 5.96 Å². The Morgan fingerprint density at radius 2 is 2.03 bits per heavy atom. The molecule has 0 aromatic carbocycles. The minimum Gasteiger partial charge on any atom is -0.469 e. The molecule has 0 aliphatic carbocycles. The van der Waals surface area contributed by atoms with Gasteiger partial charge in [-0.15, -0.1) is 0 Å². The normalized spacial score (nSPS) is 15.3. The standard InChI is InChI=1S/C21H37N5O3/c1-4-26(5-2)20(27)18-24(3)21(23-11-9-19-8-6-15-29-19)22-10-7-12-25-13-16-28-17-14-25/h6,8,15H,4-5,7,9-14,16-18H2,1-3H3,(H,22,23). The molecular formula is C21H37N5O3. The zero-order valence-electron chi connectivity index (χ0n) is 18.2. The maximum atomic E-state index is 12.5. The van der Waals surface area contributed by atoms with Gasteiger partial charge in [-0.25, -0.2) is 0 Å². The summed E-state index contributed by atoms with van der Waals surface area (Å²) < 4.78 is 10.8. The number of hydrogen-bond acceptors (Lipinski definition) is 5. The summed E-state index contributed by atoms with van der Waals surface area (Å²) in [4.78, 5) is 23.4. The average Bonchev–Trinajstić information content (AvgIpc) is 3.25. The molecule has 2 heterocycles. The SMILES string of the molecule is CCN(CC)C(=O)CN(C)C(=NCCCN1CCOCC1)NCCc1ccco1. The van der Waals surface area contributed by atoms with Crippen LogP contribution in [0.15, 0.2) is 27.8 Å². The first-order chi connectivity index (χ1) is 14.1. The van der Waals surface area contributed by atoms with Crippen molar-refractivity contribution < 1.29 is 13.9 Å². The second-order valence-electron chi connectivity index (χ2n) is 7.19. The topological polar surface area (TPSA) is 73.6 Å². The fraction of sp³-hybridized carbons (Fsp3) is 0.714. The molecule has 1 aromatic rings. The van der Waals surface area contributed by atoms with E-state index in [2.05, 4.69) is 10.2 Å². The number of carbonyl (C=O) groups excluding carboxylic acids is 1. The number of amides is 1. The van der Waals surface area contributed by atoms with Gasteiger partial charge in [-0.2, -0.15) is 0 Å². The molecule has 0 unspecified atom stereocenters. The minimum absolute atomic E-state index is 0.117. The van der Waals surface area contributed by atoms with E-state index in [1.165, 1.54) is 0 Å². The third kappa shape index (κ3) is 8.45. The Kier molecular flexibility index (Phi) is 10.6. The van der Waals surface area contributed by atoms with E-state index in [0.717, 1.165) is 77.0 Å². The number of nitrogens with one attached hydrogen (secondary N) is 1. The number of carbonyl (C=O) groups is 1. The van der Waals surface area contributed by atoms with Gasteiger partial charge in [-0.05, 0) is 32.4 Å². The highest BCUT2D eigenvalue weighted by Gasteiger charge is 2.15. The van der Waals surface area contributed by atoms with Gasteiger partial charge < -0.3 is 24.3 Å². The Balaban J connectivity index is 1.86. The summed E-state index contributed by atoms with van der Waals surface area (Å²) in [5.74, 6) is 1.82. The van der Waals surface area contributed by atoms with E-state index in [4.69, 9.17) is 14.1 Å². The third-order valence-corrected chi connectivity index (χ3v) is 5.08. The van der Waals surface area contributed by atoms with Crippen molar-refractivity contribution >= 4 is 11.9 Å². The van der Waals surface area contributed by atoms with Crippen LogP contribution in [0.1, 0.15) is 26.0 Å². The summed E-state index contributed by atoms with van der Waals surface area (Å²) in [5, 5.41) is 3.39. The first kappa shape index (κ1) is 23.2. The highest BCUT2D eigenvalue weighted by molar-refractivity contribution is 5.86. The lowest BCUT2D eigenvalue weighted by molar-refractivity contribution is -0.131. The molecule has 2 rings (SSSR count). The zero-order chi connectivity index (χ0) is 20.9. The van der Waals surface area contributed by atoms with E-state index >= 15 is 0 Å². The van der Waals surface area contributed by atoms with Crippen molar-refractivity contribution in [1.82, 2.24) is 20.0 Å². The van der Waals surface area contributed by atoms with E-state index < -0.39 is 0 Å². The van der Waals surface area contributed by atoms with Crippen LogP contribution in [0.25, 0.3) is 0 Å². The first-order valence-corrected chi connectivity index (χ1v) is 10.7. The molecule has 1 aromatic heterocycles. The van der Waals surface area contributed by atoms with Gasteiger partial charge in [0.25, 0.3) is 0 Å². The van der Waals surface area contributed by atoms with E-state index in [1.54, 1.807) is 6.26 Å². The summed E-state index contributed by atoms with van der Waals surface area (Å²) in [6.45, 7) is 11.9. The molecule has 164 valence electrons. The number of morpholine rings is 1. The number of guanidine groups is 1. The van der Waals surface area contributed by atoms with Gasteiger partial charge in [-0.1, -0.05) is 0 Å². The lowest BCUT2D eigenvalue weighted by atomic mass is 10.3. The van der Waals surface area contributed by atoms with Crippen LogP contribution in [0, 0.1) is 0 Å². The molecule has 0 bridgehead atoms. The van der Waals surface area contributed by atoms with E-state index in [9.17, 15) is 4.79 Å². The third-order valence-electron chi connectivity index (χ3n) is 5.08. The number of furan rings is 1. The largest absolute Gasteiger partial charge is 0.469 e. The molecule has 29 heavy (non-hydrogen) atoms. The molecule has 0 atom stereocenters. The highest BCUT2D eigenvalue weighted by atomic mass is 16.5. The molecular weight excluding hydrogens is 370 g/mol. The smallest absolute Gasteiger partial charge is 0.242 e. The monoisotopic (exact) mass is 407 g/mol. The van der Waals surface area contributed by atoms with Crippen LogP contribution in [-0.2, 0) is 16.0 Å². The lowest BCUT2D eigenvalue weighted by Gasteiger charge is -2.27. The Morgan fingerprint density at radius 1 is 1.28 bits per heavy atom. The Hall–Kier alpha value is -2.06. The maximum absolute atomic E-state index is 12.5. The van der Waals surface area contributed by atoms with E-state index in [0.29, 0.717) is 13.1 Å². The fourth-order valence-corrected chi connectivity index (χ4v) is 3.32. The summed E-state index contributed by atoms with van der Waals surface area (Å²) in [5.41, 5.74) is 0. The van der Waals surface area contributed by atoms with Crippen LogP contribution in [0.5, 0.6) is 0 Å². The van der Waals surface area contributed by atoms with Crippen LogP contribution in [-0.4, -0.2) is 99.2 Å². The number of ether oxygens (including phenoxy) is 1. The van der Waals surface area contributed by atoms with Crippen molar-refractivity contribution in [3.05, 3.63) is 24.2 Å². The second-order valence-corrected chi connectivity index (χ2v) is 7.19. The van der Waals surface area contributed by atoms with Crippen LogP contribution >= 0.6 is 0 Å². The minimum atomic E-state index is 0.117. The van der Waals surface area contributed by atoms with Crippen molar-refractivity contribution in [2.24, 2.45) is 4.99 Å². The number of hydrogen-bond donors (Lipinski definition) is 1. The molecule has 8 nitrogen and oxygen atoms in total. The fourth-order valence-electron chi connectivity index (χ4n) is 3.32. The lowest BCUT2D eigenvalue weighted by Crippen LogP contribution is -2.46. The van der Waals surface area contributed by atoms with Gasteiger partial charge in [0.2, 0.25) is 5.91 Å². The summed E-state index contributed by atoms with van der Waals surface area (Å²) >= 11 is 0. The molecule has 8 heteroatoms. The van der Waals surface area contributed by atoms with Crippen molar-refractivity contribution in [2.45, 2.75) is 26.7 Å². The Bertz CT molecular complexity index is 595. The average molecular weight is 408 g/mol. The van der Waals surface area contributed by atoms with Crippen LogP contribution in [0.4, 0.5) is 0 Å². The van der Waals surface area contributed by atoms with Crippen molar-refractivity contribution in [3.8, 4) is 0 Å². The van der Waals surface area contributed by atoms with Gasteiger partial charge in [0.1, 0.15) is 5.76 Å². The molecule has 1 saturated heterocycles. The van der Waals surface area contributed by atoms with Gasteiger partial charge >= 0.3 is 0 Å². The molecule has 0 spiro atoms. The Labute approximate surface area is 174 Å². The molecule has 1 amide bonds. The quantitative estimate of drug-likeness (QED) is 0.339. The molecule has 1 aliphatic rings. The van der Waals surface area contributed by atoms with Crippen LogP contribution in [0.3, 0.4) is 0 Å². The molecule has 0 saturated carbocycles. The summed E-state index contributed by atoms with van der Waals surface area (Å²) in [6.07, 6.45) is 3.45. The van der Waals surface area contributed by atoms with Gasteiger partial charge in [0.05, 0.1) is 26.0 Å². The van der Waals surface area contributed by atoms with Gasteiger partial charge in [0, 0.05) is 59.3 Å². The predicted molar refractivity (Wildman–Crippen MR) is 115 cm³/mol. The zero-order valence-corrected chi connectivity index (χ0v) is 18.2. The number of likely N-dealkylation sites (N-methyl/N-ethyl adjacent to an activating group) is 2. The van der Waals surface area contributed by atoms with Crippen molar-refractivity contribution in [1.29, 1.82) is 0 Å². The van der Waals surface area contributed by atoms with E-state index in [-0.39, 0.29) is 5.91 Å². The van der Waals surface area contributed by atoms with Crippen molar-refractivity contribution in [3.63, 3.8) is 0 Å². The highest BCUT2D eigenvalue weighted by Crippen LogP contribution is 2.01. The number of nitrogens with zero attached hydrogens (tertiary/aromatic N) is 4. The molecule has 0 radical (unpaired) electrons. The molecule has 1 fully saturated rings. The second kappa shape index (κ2) is 13.2. The molecule has 1 aliphatic heterocycles. The van der Waals surface area contributed by atoms with Crippen LogP contribution < -0.4 is 5.32 Å².